The van der Waals surface area contributed by atoms with E-state index in [0.29, 0.717) is 4.90 Å². The number of rotatable bonds is 4. The monoisotopic (exact) mass is 598 g/mol. The van der Waals surface area contributed by atoms with Crippen LogP contribution in [0.25, 0.3) is 28.0 Å². The molecule has 18 heteroatoms. The lowest BCUT2D eigenvalue weighted by Gasteiger charge is -2.65. The summed E-state index contributed by atoms with van der Waals surface area (Å²) in [5, 5.41) is 3.19. The molecule has 1 fully saturated rings. The summed E-state index contributed by atoms with van der Waals surface area (Å²) in [6.45, 7) is 4.79. The maximum atomic E-state index is 15.6. The molecule has 8 radical (unpaired) electrons. The molecule has 2 N–H and O–H groups in total. The summed E-state index contributed by atoms with van der Waals surface area (Å²) in [5.41, 5.74) is 4.83. The lowest BCUT2D eigenvalue weighted by Crippen LogP contribution is -2.85. The molecule has 0 spiro atoms. The van der Waals surface area contributed by atoms with Crippen molar-refractivity contribution >= 4 is 60.2 Å². The summed E-state index contributed by atoms with van der Waals surface area (Å²) >= 11 is 0. The molecule has 10 nitrogen and oxygen atoms in total. The second-order valence-electron chi connectivity index (χ2n) is 11.1. The second kappa shape index (κ2) is 9.89. The molecule has 2 amide bonds. The number of hydrogen-bond donors (Lipinski definition) is 1. The van der Waals surface area contributed by atoms with Crippen LogP contribution in [0, 0.1) is 5.82 Å². The van der Waals surface area contributed by atoms with Crippen molar-refractivity contribution < 1.29 is 27.2 Å². The van der Waals surface area contributed by atoms with Crippen molar-refractivity contribution in [3.63, 3.8) is 0 Å². The fraction of sp³-hybridized carbons (Fsp3) is 0.346. The van der Waals surface area contributed by atoms with Crippen LogP contribution in [0.15, 0.2) is 42.9 Å². The number of aromatic nitrogens is 5. The zero-order valence-corrected chi connectivity index (χ0v) is 24.0. The molecule has 1 saturated heterocycles. The minimum atomic E-state index is -4.61. The number of hydrogen-bond acceptors (Lipinski definition) is 6. The number of halogens is 4. The zero-order chi connectivity index (χ0) is 32.7. The van der Waals surface area contributed by atoms with Gasteiger partial charge in [-0.05, 0) is 61.8 Å². The van der Waals surface area contributed by atoms with Crippen molar-refractivity contribution in [2.75, 3.05) is 10.6 Å². The van der Waals surface area contributed by atoms with E-state index in [4.69, 9.17) is 37.1 Å². The maximum Gasteiger partial charge on any atom is 0.410 e. The highest BCUT2D eigenvalue weighted by Gasteiger charge is 2.59. The number of carbonyl (C=O) groups is 2. The van der Waals surface area contributed by atoms with Crippen LogP contribution in [0.5, 0.6) is 0 Å². The van der Waals surface area contributed by atoms with Gasteiger partial charge >= 0.3 is 6.18 Å². The average molecular weight is 598 g/mol. The Kier molecular flexibility index (Phi) is 7.02. The topological polar surface area (TPSA) is 115 Å². The third-order valence-corrected chi connectivity index (χ3v) is 7.83. The number of amides is 2. The van der Waals surface area contributed by atoms with E-state index in [2.05, 4.69) is 15.2 Å². The number of alkyl halides is 3. The highest BCUT2D eigenvalue weighted by molar-refractivity contribution is 6.58. The van der Waals surface area contributed by atoms with Gasteiger partial charge < -0.3 is 15.5 Å². The lowest BCUT2D eigenvalue weighted by molar-refractivity contribution is -0.165. The predicted molar refractivity (Wildman–Crippen MR) is 157 cm³/mol. The molecule has 4 heterocycles. The SMILES string of the molecule is [B]C1([B])N(c2cc(-c3cc(-c4ccnn4C(C)C(F)(F)F)c4c(N)ncnn34)ccc2F)C(=O)C(C)(C)N(C(C)=O)C1([B])[B]. The van der Waals surface area contributed by atoms with Gasteiger partial charge in [0.1, 0.15) is 29.2 Å². The number of anilines is 2. The summed E-state index contributed by atoms with van der Waals surface area (Å²) in [7, 11) is 25.2. The van der Waals surface area contributed by atoms with E-state index in [0.717, 1.165) is 35.8 Å². The van der Waals surface area contributed by atoms with Crippen molar-refractivity contribution in [1.82, 2.24) is 29.3 Å². The number of nitrogens with zero attached hydrogens (tertiary/aromatic N) is 7. The van der Waals surface area contributed by atoms with Crippen molar-refractivity contribution in [1.29, 1.82) is 0 Å². The summed E-state index contributed by atoms with van der Waals surface area (Å²) in [6.07, 6.45) is -2.28. The standard InChI is InChI=1S/C26H22B4F4N8O2/c1-12(24(32,33)34)40-17(7-8-37-40)15-10-18(41-20(15)21(35)36-11-38-41)14-5-6-16(31)19(9-14)39-22(44)23(3,4)42(13(2)43)26(29,30)25(39,27)28/h5-12H,1-4H3,(H2,35,36,38). The van der Waals surface area contributed by atoms with Gasteiger partial charge in [0, 0.05) is 24.2 Å². The Morgan fingerprint density at radius 1 is 1.02 bits per heavy atom. The first-order chi connectivity index (χ1) is 20.2. The van der Waals surface area contributed by atoms with Gasteiger partial charge in [-0.1, -0.05) is 0 Å². The third-order valence-electron chi connectivity index (χ3n) is 7.83. The van der Waals surface area contributed by atoms with E-state index < -0.39 is 51.8 Å². The second-order valence-corrected chi connectivity index (χ2v) is 11.1. The van der Waals surface area contributed by atoms with E-state index in [1.165, 1.54) is 48.8 Å². The Morgan fingerprint density at radius 3 is 2.30 bits per heavy atom. The molecular formula is C26H22B4F4N8O2. The first kappa shape index (κ1) is 31.2. The van der Waals surface area contributed by atoms with Crippen molar-refractivity contribution in [2.45, 2.75) is 56.1 Å². The Balaban J connectivity index is 1.73. The normalized spacial score (nSPS) is 18.5. The molecule has 4 aromatic rings. The first-order valence-corrected chi connectivity index (χ1v) is 13.1. The van der Waals surface area contributed by atoms with Crippen LogP contribution in [-0.2, 0) is 9.59 Å². The van der Waals surface area contributed by atoms with E-state index in [9.17, 15) is 22.8 Å². The van der Waals surface area contributed by atoms with Crippen molar-refractivity contribution in [3.8, 4) is 22.5 Å². The summed E-state index contributed by atoms with van der Waals surface area (Å²) in [5.74, 6) is -2.60. The number of nitrogen functional groups attached to an aromatic ring is 1. The van der Waals surface area contributed by atoms with Gasteiger partial charge in [-0.2, -0.15) is 23.4 Å². The van der Waals surface area contributed by atoms with Crippen LogP contribution in [0.3, 0.4) is 0 Å². The molecule has 5 rings (SSSR count). The molecule has 1 aliphatic heterocycles. The summed E-state index contributed by atoms with van der Waals surface area (Å²) in [6, 6.07) is 4.43. The maximum absolute atomic E-state index is 15.6. The molecule has 1 aliphatic rings. The summed E-state index contributed by atoms with van der Waals surface area (Å²) in [4.78, 5) is 31.8. The Labute approximate surface area is 254 Å². The predicted octanol–water partition coefficient (Wildman–Crippen LogP) is 2.06. The van der Waals surface area contributed by atoms with Gasteiger partial charge in [0.05, 0.1) is 48.5 Å². The molecule has 3 aromatic heterocycles. The van der Waals surface area contributed by atoms with Crippen molar-refractivity contribution in [3.05, 3.63) is 48.7 Å². The van der Waals surface area contributed by atoms with Crippen LogP contribution in [-0.4, -0.2) is 94.9 Å². The Bertz CT molecular complexity index is 1820. The van der Waals surface area contributed by atoms with E-state index in [-0.39, 0.29) is 33.8 Å². The number of carbonyl (C=O) groups excluding carboxylic acids is 2. The van der Waals surface area contributed by atoms with Gasteiger partial charge in [0.25, 0.3) is 5.91 Å². The molecule has 44 heavy (non-hydrogen) atoms. The fourth-order valence-corrected chi connectivity index (χ4v) is 5.61. The van der Waals surface area contributed by atoms with Gasteiger partial charge in [-0.15, -0.1) is 0 Å². The van der Waals surface area contributed by atoms with Crippen LogP contribution in [0.4, 0.5) is 29.1 Å². The van der Waals surface area contributed by atoms with Gasteiger partial charge in [-0.3, -0.25) is 14.3 Å². The minimum absolute atomic E-state index is 0.0543. The molecule has 1 aromatic carbocycles. The molecular weight excluding hydrogens is 576 g/mol. The minimum Gasteiger partial charge on any atom is -0.382 e. The number of nitrogens with two attached hydrogens (primary N) is 1. The number of benzene rings is 1. The Morgan fingerprint density at radius 2 is 1.68 bits per heavy atom. The van der Waals surface area contributed by atoms with E-state index >= 15 is 4.39 Å². The van der Waals surface area contributed by atoms with E-state index in [1.807, 2.05) is 0 Å². The molecule has 218 valence electrons. The average Bonchev–Trinajstić information content (AvgIpc) is 3.53. The smallest absolute Gasteiger partial charge is 0.382 e. The van der Waals surface area contributed by atoms with Crippen molar-refractivity contribution in [2.24, 2.45) is 0 Å². The highest BCUT2D eigenvalue weighted by atomic mass is 19.4. The molecule has 0 saturated carbocycles. The Hall–Kier alpha value is -4.23. The fourth-order valence-electron chi connectivity index (χ4n) is 5.61. The molecule has 0 bridgehead atoms. The molecule has 1 unspecified atom stereocenters. The molecule has 0 aliphatic carbocycles. The van der Waals surface area contributed by atoms with Crippen LogP contribution >= 0.6 is 0 Å². The molecule has 1 atom stereocenters. The number of piperazine rings is 1. The van der Waals surface area contributed by atoms with E-state index in [1.54, 1.807) is 0 Å². The van der Waals surface area contributed by atoms with Crippen LogP contribution in [0.1, 0.15) is 33.7 Å². The number of fused-ring (bicyclic) bond motifs is 1. The van der Waals surface area contributed by atoms with Gasteiger partial charge in [0.2, 0.25) is 5.91 Å². The van der Waals surface area contributed by atoms with Gasteiger partial charge in [-0.25, -0.2) is 13.9 Å². The zero-order valence-electron chi connectivity index (χ0n) is 24.0. The first-order valence-electron chi connectivity index (χ1n) is 13.1. The largest absolute Gasteiger partial charge is 0.410 e. The van der Waals surface area contributed by atoms with Crippen LogP contribution < -0.4 is 10.6 Å². The van der Waals surface area contributed by atoms with Crippen LogP contribution in [0.2, 0.25) is 0 Å². The third kappa shape index (κ3) is 4.40. The lowest BCUT2D eigenvalue weighted by atomic mass is 9.35. The van der Waals surface area contributed by atoms with Gasteiger partial charge in [0.15, 0.2) is 5.82 Å². The summed E-state index contributed by atoms with van der Waals surface area (Å²) < 4.78 is 58.6. The highest BCUT2D eigenvalue weighted by Crippen LogP contribution is 2.44. The quantitative estimate of drug-likeness (QED) is 0.285.